The maximum atomic E-state index is 12.7. The molecule has 0 radical (unpaired) electrons. The second kappa shape index (κ2) is 14.5. The number of phenolic OH excluding ortho intramolecular Hbond substituents is 1. The van der Waals surface area contributed by atoms with Gasteiger partial charge in [-0.2, -0.15) is 5.10 Å². The smallest absolute Gasteiger partial charge is 0.258 e. The first-order valence-corrected chi connectivity index (χ1v) is 13.3. The fraction of sp³-hybridized carbons (Fsp3) is 0.556. The lowest BCUT2D eigenvalue weighted by Crippen LogP contribution is -2.47. The minimum absolute atomic E-state index is 0.0192. The first kappa shape index (κ1) is 29.9. The van der Waals surface area contributed by atoms with E-state index >= 15 is 0 Å². The summed E-state index contributed by atoms with van der Waals surface area (Å²) in [5.74, 6) is -1.03. The predicted molar refractivity (Wildman–Crippen MR) is 144 cm³/mol. The molecule has 4 N–H and O–H groups in total. The van der Waals surface area contributed by atoms with Gasteiger partial charge in [-0.05, 0) is 51.8 Å². The zero-order valence-electron chi connectivity index (χ0n) is 23.0. The Labute approximate surface area is 228 Å². The number of fused-ring (bicyclic) bond motifs is 2. The molecule has 0 spiro atoms. The second-order valence-corrected chi connectivity index (χ2v) is 9.87. The molecule has 12 nitrogen and oxygen atoms in total. The minimum atomic E-state index is -0.725. The molecule has 1 aliphatic heterocycles. The van der Waals surface area contributed by atoms with Crippen LogP contribution in [0.15, 0.2) is 24.4 Å². The number of amides is 3. The maximum Gasteiger partial charge on any atom is 0.258 e. The number of nitrogens with zero attached hydrogens (tertiary/aromatic N) is 4. The van der Waals surface area contributed by atoms with Crippen LogP contribution in [0.25, 0.3) is 0 Å². The topological polar surface area (TPSA) is 149 Å². The molecule has 1 aromatic carbocycles. The van der Waals surface area contributed by atoms with Gasteiger partial charge in [0.2, 0.25) is 5.91 Å². The molecule has 0 unspecified atom stereocenters. The number of aliphatic hydroxyl groups is 1. The van der Waals surface area contributed by atoms with Crippen LogP contribution in [0.3, 0.4) is 0 Å². The van der Waals surface area contributed by atoms with Gasteiger partial charge in [-0.1, -0.05) is 0 Å². The van der Waals surface area contributed by atoms with Gasteiger partial charge in [-0.3, -0.25) is 24.0 Å². The summed E-state index contributed by atoms with van der Waals surface area (Å²) in [6, 6.07) is 3.39. The number of aromatic nitrogens is 2. The third-order valence-electron chi connectivity index (χ3n) is 6.57. The van der Waals surface area contributed by atoms with Crippen LogP contribution in [-0.2, 0) is 22.7 Å². The Morgan fingerprint density at radius 2 is 1.85 bits per heavy atom. The Hall–Kier alpha value is -3.64. The van der Waals surface area contributed by atoms with Gasteiger partial charge in [0.1, 0.15) is 17.5 Å². The van der Waals surface area contributed by atoms with Crippen LogP contribution in [0, 0.1) is 6.92 Å². The summed E-state index contributed by atoms with van der Waals surface area (Å²) in [6.07, 6.45) is 4.30. The Morgan fingerprint density at radius 1 is 1.10 bits per heavy atom. The van der Waals surface area contributed by atoms with Crippen LogP contribution in [0.2, 0.25) is 0 Å². The number of aryl methyl sites for hydroxylation is 1. The van der Waals surface area contributed by atoms with Gasteiger partial charge in [-0.25, -0.2) is 0 Å². The number of aliphatic hydroxyl groups excluding tert-OH is 1. The summed E-state index contributed by atoms with van der Waals surface area (Å²) >= 11 is 0. The summed E-state index contributed by atoms with van der Waals surface area (Å²) in [5, 5.41) is 29.3. The van der Waals surface area contributed by atoms with E-state index in [1.165, 1.54) is 18.2 Å². The lowest BCUT2D eigenvalue weighted by atomic mass is 10.2. The Kier molecular flexibility index (Phi) is 11.1. The van der Waals surface area contributed by atoms with Crippen molar-refractivity contribution in [2.24, 2.45) is 0 Å². The number of ether oxygens (including phenoxy) is 1. The predicted octanol–water partition coefficient (Wildman–Crippen LogP) is 0.647. The van der Waals surface area contributed by atoms with Gasteiger partial charge in [-0.15, -0.1) is 0 Å². The van der Waals surface area contributed by atoms with E-state index in [1.54, 1.807) is 23.6 Å². The van der Waals surface area contributed by atoms with Crippen molar-refractivity contribution in [3.05, 3.63) is 41.2 Å². The van der Waals surface area contributed by atoms with Crippen LogP contribution in [0.4, 0.5) is 0 Å². The number of hydrogen-bond donors (Lipinski definition) is 4. The first-order valence-electron chi connectivity index (χ1n) is 13.3. The number of nitrogens with one attached hydrogen (secondary N) is 2. The SMILES string of the molecule is Cc1nn(CCO)cc1CN1CCCCN(C)C(=O)[C@H](C)NC(=O)COc2cc(O)cc(c2)C(=O)NCCC1. The van der Waals surface area contributed by atoms with Crippen molar-refractivity contribution in [3.63, 3.8) is 0 Å². The molecule has 1 aromatic heterocycles. The van der Waals surface area contributed by atoms with E-state index in [2.05, 4.69) is 20.6 Å². The number of carbonyl (C=O) groups is 3. The number of carbonyl (C=O) groups excluding carboxylic acids is 3. The summed E-state index contributed by atoms with van der Waals surface area (Å²) in [7, 11) is 1.72. The molecule has 39 heavy (non-hydrogen) atoms. The normalized spacial score (nSPS) is 19.2. The average molecular weight is 545 g/mol. The summed E-state index contributed by atoms with van der Waals surface area (Å²) in [5.41, 5.74) is 2.20. The van der Waals surface area contributed by atoms with Crippen LogP contribution in [0.5, 0.6) is 11.5 Å². The average Bonchev–Trinajstić information content (AvgIpc) is 3.24. The molecule has 2 bridgehead atoms. The number of rotatable bonds is 4. The highest BCUT2D eigenvalue weighted by Gasteiger charge is 2.20. The van der Waals surface area contributed by atoms with E-state index in [-0.39, 0.29) is 42.1 Å². The van der Waals surface area contributed by atoms with Crippen LogP contribution < -0.4 is 15.4 Å². The molecule has 0 saturated carbocycles. The zero-order chi connectivity index (χ0) is 28.4. The standard InChI is InChI=1S/C27H40N6O6/c1-19-22(17-33(30-19)11-12-34)16-32-9-5-4-8-31(3)27(38)20(2)29-25(36)18-39-24-14-21(13-23(35)15-24)26(37)28-7-6-10-32/h13-15,17,20,34-35H,4-12,16,18H2,1-3H3,(H,28,37)(H,29,36)/t20-/m0/s1. The molecular formula is C27H40N6O6. The highest BCUT2D eigenvalue weighted by Crippen LogP contribution is 2.22. The monoisotopic (exact) mass is 544 g/mol. The van der Waals surface area contributed by atoms with E-state index < -0.39 is 11.9 Å². The zero-order valence-corrected chi connectivity index (χ0v) is 23.0. The minimum Gasteiger partial charge on any atom is -0.508 e. The van der Waals surface area contributed by atoms with Gasteiger partial charge < -0.3 is 30.5 Å². The van der Waals surface area contributed by atoms with Crippen LogP contribution in [-0.4, -0.2) is 100.0 Å². The molecule has 1 atom stereocenters. The van der Waals surface area contributed by atoms with Crippen LogP contribution >= 0.6 is 0 Å². The lowest BCUT2D eigenvalue weighted by Gasteiger charge is -2.24. The second-order valence-electron chi connectivity index (χ2n) is 9.87. The van der Waals surface area contributed by atoms with Crippen molar-refractivity contribution in [1.82, 2.24) is 30.2 Å². The molecular weight excluding hydrogens is 504 g/mol. The van der Waals surface area contributed by atoms with Gasteiger partial charge in [0, 0.05) is 56.6 Å². The maximum absolute atomic E-state index is 12.7. The fourth-order valence-electron chi connectivity index (χ4n) is 4.47. The van der Waals surface area contributed by atoms with Gasteiger partial charge in [0.05, 0.1) is 18.8 Å². The van der Waals surface area contributed by atoms with Gasteiger partial charge in [0.25, 0.3) is 11.8 Å². The molecule has 0 saturated heterocycles. The summed E-state index contributed by atoms with van der Waals surface area (Å²) in [4.78, 5) is 41.7. The van der Waals surface area contributed by atoms with E-state index in [4.69, 9.17) is 4.74 Å². The van der Waals surface area contributed by atoms with Crippen molar-refractivity contribution in [3.8, 4) is 11.5 Å². The summed E-state index contributed by atoms with van der Waals surface area (Å²) in [6.45, 7) is 6.86. The summed E-state index contributed by atoms with van der Waals surface area (Å²) < 4.78 is 7.21. The number of hydrogen-bond acceptors (Lipinski definition) is 8. The molecule has 2 aromatic rings. The number of likely N-dealkylation sites (N-methyl/N-ethyl adjacent to an activating group) is 1. The fourth-order valence-corrected chi connectivity index (χ4v) is 4.47. The molecule has 214 valence electrons. The first-order chi connectivity index (χ1) is 18.7. The number of phenols is 1. The van der Waals surface area contributed by atoms with E-state index in [9.17, 15) is 24.6 Å². The quantitative estimate of drug-likeness (QED) is 0.438. The van der Waals surface area contributed by atoms with Gasteiger partial charge >= 0.3 is 0 Å². The Balaban J connectivity index is 1.73. The molecule has 12 heteroatoms. The van der Waals surface area contributed by atoms with Crippen molar-refractivity contribution in [2.75, 3.05) is 46.4 Å². The molecule has 0 aliphatic carbocycles. The van der Waals surface area contributed by atoms with E-state index in [0.29, 0.717) is 32.6 Å². The molecule has 3 rings (SSSR count). The highest BCUT2D eigenvalue weighted by atomic mass is 16.5. The van der Waals surface area contributed by atoms with Crippen molar-refractivity contribution in [1.29, 1.82) is 0 Å². The molecule has 0 fully saturated rings. The Morgan fingerprint density at radius 3 is 2.62 bits per heavy atom. The van der Waals surface area contributed by atoms with Crippen molar-refractivity contribution < 1.29 is 29.3 Å². The molecule has 3 amide bonds. The highest BCUT2D eigenvalue weighted by molar-refractivity contribution is 5.95. The number of aromatic hydroxyl groups is 1. The van der Waals surface area contributed by atoms with Crippen molar-refractivity contribution >= 4 is 17.7 Å². The third kappa shape index (κ3) is 9.25. The molecule has 2 heterocycles. The van der Waals surface area contributed by atoms with Gasteiger partial charge in [0.15, 0.2) is 6.61 Å². The van der Waals surface area contributed by atoms with E-state index in [1.807, 2.05) is 13.1 Å². The number of benzene rings is 1. The van der Waals surface area contributed by atoms with Crippen molar-refractivity contribution in [2.45, 2.75) is 52.2 Å². The third-order valence-corrected chi connectivity index (χ3v) is 6.57. The lowest BCUT2D eigenvalue weighted by molar-refractivity contribution is -0.135. The van der Waals surface area contributed by atoms with E-state index in [0.717, 1.165) is 37.2 Å². The molecule has 1 aliphatic rings. The van der Waals surface area contributed by atoms with Crippen LogP contribution in [0.1, 0.15) is 47.8 Å². The Bertz CT molecular complexity index is 1140. The largest absolute Gasteiger partial charge is 0.508 e.